The molecule has 0 bridgehead atoms. The molecule has 1 fully saturated rings. The van der Waals surface area contributed by atoms with Gasteiger partial charge in [-0.15, -0.1) is 0 Å². The molecule has 0 aliphatic carbocycles. The first-order chi connectivity index (χ1) is 11.6. The molecule has 24 heavy (non-hydrogen) atoms. The van der Waals surface area contributed by atoms with Gasteiger partial charge < -0.3 is 9.30 Å². The molecule has 2 atom stereocenters. The van der Waals surface area contributed by atoms with Crippen molar-refractivity contribution in [3.8, 4) is 0 Å². The number of aromatic nitrogens is 2. The number of rotatable bonds is 4. The predicted octanol–water partition coefficient (Wildman–Crippen LogP) is 3.97. The fraction of sp³-hybridized carbons (Fsp3) is 0.167. The minimum Gasteiger partial charge on any atom is -0.354 e. The molecule has 0 saturated carbocycles. The van der Waals surface area contributed by atoms with Crippen LogP contribution in [0.2, 0.25) is 0 Å². The highest BCUT2D eigenvalue weighted by Crippen LogP contribution is 2.59. The molecule has 4 rings (SSSR count). The monoisotopic (exact) mass is 330 g/mol. The van der Waals surface area contributed by atoms with Gasteiger partial charge in [0.15, 0.2) is 0 Å². The number of hydrogen-bond acceptors (Lipinski definition) is 2. The predicted molar refractivity (Wildman–Crippen MR) is 80.5 cm³/mol. The van der Waals surface area contributed by atoms with E-state index in [0.717, 1.165) is 0 Å². The standard InChI is InChI=1S/C18H13F3N2O/c19-13-6-4-12(5-7-13)18(10-23-9-8-22-11-23)17(24-18)16-14(20)2-1-3-15(16)21/h1-9,11,17H,10H2/t17-,18-/m0/s1. The molecule has 1 aliphatic heterocycles. The van der Waals surface area contributed by atoms with Gasteiger partial charge in [-0.3, -0.25) is 0 Å². The summed E-state index contributed by atoms with van der Waals surface area (Å²) in [5, 5.41) is 0. The SMILES string of the molecule is Fc1ccc([C@]2(Cn3ccnc3)O[C@H]2c2c(F)cccc2F)cc1. The van der Waals surface area contributed by atoms with E-state index in [2.05, 4.69) is 4.98 Å². The molecule has 0 radical (unpaired) electrons. The van der Waals surface area contributed by atoms with E-state index in [9.17, 15) is 13.2 Å². The van der Waals surface area contributed by atoms with Crippen molar-refractivity contribution < 1.29 is 17.9 Å². The van der Waals surface area contributed by atoms with Crippen LogP contribution < -0.4 is 0 Å². The van der Waals surface area contributed by atoms with Crippen LogP contribution in [0.25, 0.3) is 0 Å². The number of imidazole rings is 1. The molecular weight excluding hydrogens is 317 g/mol. The van der Waals surface area contributed by atoms with Crippen LogP contribution in [0.4, 0.5) is 13.2 Å². The van der Waals surface area contributed by atoms with Crippen molar-refractivity contribution in [3.63, 3.8) is 0 Å². The van der Waals surface area contributed by atoms with E-state index in [1.165, 1.54) is 30.3 Å². The van der Waals surface area contributed by atoms with E-state index < -0.39 is 23.3 Å². The van der Waals surface area contributed by atoms with Crippen LogP contribution >= 0.6 is 0 Å². The zero-order valence-corrected chi connectivity index (χ0v) is 12.5. The maximum absolute atomic E-state index is 14.1. The summed E-state index contributed by atoms with van der Waals surface area (Å²) < 4.78 is 49.1. The number of halogens is 3. The third kappa shape index (κ3) is 2.39. The summed E-state index contributed by atoms with van der Waals surface area (Å²) in [7, 11) is 0. The van der Waals surface area contributed by atoms with Gasteiger partial charge in [-0.25, -0.2) is 18.2 Å². The first kappa shape index (κ1) is 15.0. The van der Waals surface area contributed by atoms with E-state index in [1.807, 2.05) is 0 Å². The fourth-order valence-corrected chi connectivity index (χ4v) is 3.04. The van der Waals surface area contributed by atoms with Gasteiger partial charge >= 0.3 is 0 Å². The molecule has 3 aromatic rings. The minimum absolute atomic E-state index is 0.109. The molecule has 2 heterocycles. The molecule has 2 aromatic carbocycles. The Bertz CT molecular complexity index is 844. The lowest BCUT2D eigenvalue weighted by atomic mass is 9.91. The van der Waals surface area contributed by atoms with Crippen LogP contribution in [0.15, 0.2) is 61.2 Å². The highest BCUT2D eigenvalue weighted by Gasteiger charge is 2.60. The topological polar surface area (TPSA) is 30.4 Å². The maximum atomic E-state index is 14.1. The van der Waals surface area contributed by atoms with Crippen LogP contribution in [0.1, 0.15) is 17.2 Å². The zero-order valence-electron chi connectivity index (χ0n) is 12.5. The van der Waals surface area contributed by atoms with Crippen molar-refractivity contribution in [2.24, 2.45) is 0 Å². The molecule has 1 aliphatic rings. The molecule has 122 valence electrons. The van der Waals surface area contributed by atoms with Crippen molar-refractivity contribution in [3.05, 3.63) is 89.8 Å². The van der Waals surface area contributed by atoms with Gasteiger partial charge in [0.1, 0.15) is 29.2 Å². The summed E-state index contributed by atoms with van der Waals surface area (Å²) in [5.41, 5.74) is -0.413. The third-order valence-electron chi connectivity index (χ3n) is 4.27. The number of nitrogens with zero attached hydrogens (tertiary/aromatic N) is 2. The van der Waals surface area contributed by atoms with Gasteiger partial charge in [-0.1, -0.05) is 18.2 Å². The van der Waals surface area contributed by atoms with E-state index in [0.29, 0.717) is 12.1 Å². The van der Waals surface area contributed by atoms with Gasteiger partial charge in [-0.05, 0) is 29.8 Å². The second-order valence-electron chi connectivity index (χ2n) is 5.76. The quantitative estimate of drug-likeness (QED) is 0.678. The first-order valence-electron chi connectivity index (χ1n) is 7.44. The Morgan fingerprint density at radius 3 is 2.38 bits per heavy atom. The Morgan fingerprint density at radius 2 is 1.75 bits per heavy atom. The van der Waals surface area contributed by atoms with E-state index in [1.54, 1.807) is 35.4 Å². The molecule has 0 amide bonds. The minimum atomic E-state index is -0.961. The Balaban J connectivity index is 1.77. The molecule has 0 N–H and O–H groups in total. The van der Waals surface area contributed by atoms with E-state index in [-0.39, 0.29) is 11.4 Å². The lowest BCUT2D eigenvalue weighted by Gasteiger charge is -2.15. The first-order valence-corrected chi connectivity index (χ1v) is 7.44. The zero-order chi connectivity index (χ0) is 16.7. The highest BCUT2D eigenvalue weighted by molar-refractivity contribution is 5.37. The van der Waals surface area contributed by atoms with Crippen molar-refractivity contribution in [1.82, 2.24) is 9.55 Å². The lowest BCUT2D eigenvalue weighted by Crippen LogP contribution is -2.19. The molecule has 6 heteroatoms. The van der Waals surface area contributed by atoms with Crippen molar-refractivity contribution >= 4 is 0 Å². The smallest absolute Gasteiger partial charge is 0.142 e. The summed E-state index contributed by atoms with van der Waals surface area (Å²) in [4.78, 5) is 3.97. The molecule has 0 unspecified atom stereocenters. The van der Waals surface area contributed by atoms with Gasteiger partial charge in [0.05, 0.1) is 18.4 Å². The molecule has 3 nitrogen and oxygen atoms in total. The van der Waals surface area contributed by atoms with Crippen LogP contribution in [-0.4, -0.2) is 9.55 Å². The largest absolute Gasteiger partial charge is 0.354 e. The second-order valence-corrected chi connectivity index (χ2v) is 5.76. The van der Waals surface area contributed by atoms with Crippen molar-refractivity contribution in [2.75, 3.05) is 0 Å². The highest BCUT2D eigenvalue weighted by atomic mass is 19.1. The second kappa shape index (κ2) is 5.49. The van der Waals surface area contributed by atoms with E-state index in [4.69, 9.17) is 4.74 Å². The summed E-state index contributed by atoms with van der Waals surface area (Å²) in [5.74, 6) is -1.70. The van der Waals surface area contributed by atoms with Crippen LogP contribution in [-0.2, 0) is 16.9 Å². The molecule has 1 saturated heterocycles. The summed E-state index contributed by atoms with van der Waals surface area (Å²) in [6, 6.07) is 9.48. The molecule has 1 aromatic heterocycles. The lowest BCUT2D eigenvalue weighted by molar-refractivity contribution is 0.268. The summed E-state index contributed by atoms with van der Waals surface area (Å²) in [6.45, 7) is 0.317. The van der Waals surface area contributed by atoms with Gasteiger partial charge in [-0.2, -0.15) is 0 Å². The average Bonchev–Trinajstić information content (AvgIpc) is 3.02. The number of epoxide rings is 1. The van der Waals surface area contributed by atoms with Gasteiger partial charge in [0.25, 0.3) is 0 Å². The number of benzene rings is 2. The average molecular weight is 330 g/mol. The molecule has 0 spiro atoms. The van der Waals surface area contributed by atoms with Gasteiger partial charge in [0, 0.05) is 12.4 Å². The molecular formula is C18H13F3N2O. The van der Waals surface area contributed by atoms with Gasteiger partial charge in [0.2, 0.25) is 0 Å². The van der Waals surface area contributed by atoms with Crippen LogP contribution in [0.3, 0.4) is 0 Å². The van der Waals surface area contributed by atoms with Crippen molar-refractivity contribution in [1.29, 1.82) is 0 Å². The summed E-state index contributed by atoms with van der Waals surface area (Å²) in [6.07, 6.45) is 4.16. The normalized spacial score (nSPS) is 22.5. The van der Waals surface area contributed by atoms with Crippen molar-refractivity contribution in [2.45, 2.75) is 18.2 Å². The third-order valence-corrected chi connectivity index (χ3v) is 4.27. The van der Waals surface area contributed by atoms with Crippen LogP contribution in [0.5, 0.6) is 0 Å². The Morgan fingerprint density at radius 1 is 1.04 bits per heavy atom. The van der Waals surface area contributed by atoms with E-state index >= 15 is 0 Å². The number of ether oxygens (including phenoxy) is 1. The summed E-state index contributed by atoms with van der Waals surface area (Å²) >= 11 is 0. The number of hydrogen-bond donors (Lipinski definition) is 0. The Kier molecular flexibility index (Phi) is 3.42. The Hall–Kier alpha value is -2.60. The maximum Gasteiger partial charge on any atom is 0.142 e. The van der Waals surface area contributed by atoms with Crippen LogP contribution in [0, 0.1) is 17.5 Å². The fourth-order valence-electron chi connectivity index (χ4n) is 3.04. The Labute approximate surface area is 136 Å².